The van der Waals surface area contributed by atoms with Crippen LogP contribution in [0.1, 0.15) is 25.1 Å². The minimum atomic E-state index is -0.503. The Bertz CT molecular complexity index is 1540. The summed E-state index contributed by atoms with van der Waals surface area (Å²) in [5, 5.41) is 4.80. The fourth-order valence-electron chi connectivity index (χ4n) is 3.91. The Morgan fingerprint density at radius 3 is 2.67 bits per heavy atom. The fourth-order valence-corrected chi connectivity index (χ4v) is 4.48. The van der Waals surface area contributed by atoms with Crippen LogP contribution in [-0.2, 0) is 0 Å². The first-order valence-electron chi connectivity index (χ1n) is 10.2. The van der Waals surface area contributed by atoms with Crippen molar-refractivity contribution in [1.29, 1.82) is 0 Å². The number of para-hydroxylation sites is 1. The lowest BCUT2D eigenvalue weighted by molar-refractivity contribution is 0.629. The summed E-state index contributed by atoms with van der Waals surface area (Å²) in [5.74, 6) is 0.00721. The van der Waals surface area contributed by atoms with Crippen molar-refractivity contribution in [3.8, 4) is 5.69 Å². The predicted molar refractivity (Wildman–Crippen MR) is 128 cm³/mol. The second-order valence-corrected chi connectivity index (χ2v) is 8.25. The Morgan fingerprint density at radius 2 is 1.91 bits per heavy atom. The van der Waals surface area contributed by atoms with Crippen molar-refractivity contribution < 1.29 is 4.39 Å². The Kier molecular flexibility index (Phi) is 5.47. The van der Waals surface area contributed by atoms with Gasteiger partial charge in [-0.2, -0.15) is 0 Å². The molecule has 1 atom stereocenters. The Labute approximate surface area is 197 Å². The van der Waals surface area contributed by atoms with Crippen molar-refractivity contribution >= 4 is 51.0 Å². The number of hydrogen-bond acceptors (Lipinski definition) is 5. The van der Waals surface area contributed by atoms with Crippen LogP contribution in [0.2, 0.25) is 10.0 Å². The van der Waals surface area contributed by atoms with Crippen LogP contribution in [0.15, 0.2) is 59.9 Å². The normalized spacial score (nSPS) is 12.4. The van der Waals surface area contributed by atoms with Crippen LogP contribution in [-0.4, -0.2) is 24.5 Å². The van der Waals surface area contributed by atoms with E-state index in [1.54, 1.807) is 24.3 Å². The van der Waals surface area contributed by atoms with Gasteiger partial charge in [0.25, 0.3) is 5.56 Å². The molecule has 5 aromatic rings. The number of anilines is 1. The number of nitrogens with one attached hydrogen (secondary N) is 2. The van der Waals surface area contributed by atoms with E-state index in [0.717, 1.165) is 0 Å². The SMILES string of the molecule is CC[C@H](Nc1ncnc2[nH]cnc12)c1cc2ccc(F)cc2c(=O)n1-c1c(Cl)cccc1Cl. The molecule has 3 aromatic heterocycles. The van der Waals surface area contributed by atoms with E-state index >= 15 is 0 Å². The summed E-state index contributed by atoms with van der Waals surface area (Å²) in [6, 6.07) is 10.6. The maximum absolute atomic E-state index is 14.0. The topological polar surface area (TPSA) is 88.5 Å². The van der Waals surface area contributed by atoms with Crippen molar-refractivity contribution in [1.82, 2.24) is 24.5 Å². The third-order valence-electron chi connectivity index (χ3n) is 5.46. The third-order valence-corrected chi connectivity index (χ3v) is 6.07. The van der Waals surface area contributed by atoms with Gasteiger partial charge in [0.05, 0.1) is 33.5 Å². The molecule has 7 nitrogen and oxygen atoms in total. The second kappa shape index (κ2) is 8.46. The molecule has 0 aliphatic carbocycles. The highest BCUT2D eigenvalue weighted by molar-refractivity contribution is 6.37. The van der Waals surface area contributed by atoms with Gasteiger partial charge in [-0.15, -0.1) is 0 Å². The number of benzene rings is 2. The number of hydrogen-bond donors (Lipinski definition) is 2. The Balaban J connectivity index is 1.78. The van der Waals surface area contributed by atoms with Crippen molar-refractivity contribution in [2.45, 2.75) is 19.4 Å². The quantitative estimate of drug-likeness (QED) is 0.337. The highest BCUT2D eigenvalue weighted by Gasteiger charge is 2.23. The highest BCUT2D eigenvalue weighted by atomic mass is 35.5. The molecule has 0 spiro atoms. The van der Waals surface area contributed by atoms with Gasteiger partial charge in [0.2, 0.25) is 0 Å². The van der Waals surface area contributed by atoms with Crippen molar-refractivity contribution in [2.75, 3.05) is 5.32 Å². The molecule has 10 heteroatoms. The van der Waals surface area contributed by atoms with Crippen LogP contribution in [0, 0.1) is 5.82 Å². The van der Waals surface area contributed by atoms with Crippen molar-refractivity contribution in [2.24, 2.45) is 0 Å². The molecule has 0 unspecified atom stereocenters. The van der Waals surface area contributed by atoms with Gasteiger partial charge in [0.15, 0.2) is 11.5 Å². The number of aromatic amines is 1. The largest absolute Gasteiger partial charge is 0.360 e. The summed E-state index contributed by atoms with van der Waals surface area (Å²) >= 11 is 13.0. The van der Waals surface area contributed by atoms with Crippen LogP contribution in [0.4, 0.5) is 10.2 Å². The predicted octanol–water partition coefficient (Wildman–Crippen LogP) is 5.67. The molecule has 0 bridgehead atoms. The monoisotopic (exact) mass is 482 g/mol. The number of fused-ring (bicyclic) bond motifs is 2. The maximum atomic E-state index is 14.0. The molecular weight excluding hydrogens is 466 g/mol. The van der Waals surface area contributed by atoms with Gasteiger partial charge >= 0.3 is 0 Å². The molecule has 0 aliphatic rings. The fraction of sp³-hybridized carbons (Fsp3) is 0.130. The van der Waals surface area contributed by atoms with Crippen LogP contribution in [0.5, 0.6) is 0 Å². The van der Waals surface area contributed by atoms with Gasteiger partial charge in [0.1, 0.15) is 17.7 Å². The molecule has 166 valence electrons. The lowest BCUT2D eigenvalue weighted by Gasteiger charge is -2.24. The zero-order valence-electron chi connectivity index (χ0n) is 17.3. The van der Waals surface area contributed by atoms with Crippen LogP contribution in [0.3, 0.4) is 0 Å². The number of H-pyrrole nitrogens is 1. The first-order chi connectivity index (χ1) is 16.0. The van der Waals surface area contributed by atoms with Crippen molar-refractivity contribution in [3.63, 3.8) is 0 Å². The molecule has 0 saturated carbocycles. The average Bonchev–Trinajstić information content (AvgIpc) is 3.29. The van der Waals surface area contributed by atoms with Crippen molar-refractivity contribution in [3.05, 3.63) is 87.0 Å². The molecule has 0 fully saturated rings. The molecule has 5 rings (SSSR count). The van der Waals surface area contributed by atoms with Gasteiger partial charge in [0, 0.05) is 5.69 Å². The van der Waals surface area contributed by atoms with Gasteiger partial charge < -0.3 is 10.3 Å². The molecule has 0 radical (unpaired) electrons. The summed E-state index contributed by atoms with van der Waals surface area (Å²) in [7, 11) is 0. The maximum Gasteiger partial charge on any atom is 0.263 e. The number of pyridine rings is 1. The second-order valence-electron chi connectivity index (χ2n) is 7.44. The molecule has 0 aliphatic heterocycles. The Hall–Kier alpha value is -3.49. The minimum absolute atomic E-state index is 0.223. The molecule has 0 amide bonds. The smallest absolute Gasteiger partial charge is 0.263 e. The number of rotatable bonds is 5. The summed E-state index contributed by atoms with van der Waals surface area (Å²) in [4.78, 5) is 29.4. The molecular formula is C23H17Cl2FN6O. The Morgan fingerprint density at radius 1 is 1.12 bits per heavy atom. The van der Waals surface area contributed by atoms with Crippen LogP contribution >= 0.6 is 23.2 Å². The van der Waals surface area contributed by atoms with E-state index in [2.05, 4.69) is 25.3 Å². The number of aromatic nitrogens is 5. The molecule has 33 heavy (non-hydrogen) atoms. The highest BCUT2D eigenvalue weighted by Crippen LogP contribution is 2.33. The van der Waals surface area contributed by atoms with E-state index in [-0.39, 0.29) is 11.4 Å². The van der Waals surface area contributed by atoms with E-state index < -0.39 is 11.4 Å². The van der Waals surface area contributed by atoms with Gasteiger partial charge in [-0.05, 0) is 42.1 Å². The number of halogens is 3. The van der Waals surface area contributed by atoms with E-state index in [9.17, 15) is 9.18 Å². The molecule has 3 heterocycles. The van der Waals surface area contributed by atoms with Crippen LogP contribution < -0.4 is 10.9 Å². The minimum Gasteiger partial charge on any atom is -0.360 e. The number of imidazole rings is 1. The molecule has 2 aromatic carbocycles. The zero-order chi connectivity index (χ0) is 23.1. The first-order valence-corrected chi connectivity index (χ1v) is 10.9. The van der Waals surface area contributed by atoms with E-state index in [4.69, 9.17) is 23.2 Å². The van der Waals surface area contributed by atoms with Gasteiger partial charge in [-0.1, -0.05) is 42.3 Å². The lowest BCUT2D eigenvalue weighted by Crippen LogP contribution is -2.27. The summed E-state index contributed by atoms with van der Waals surface area (Å²) in [5.41, 5.74) is 1.66. The zero-order valence-corrected chi connectivity index (χ0v) is 18.8. The summed E-state index contributed by atoms with van der Waals surface area (Å²) < 4.78 is 15.4. The van der Waals surface area contributed by atoms with E-state index in [0.29, 0.717) is 50.2 Å². The summed E-state index contributed by atoms with van der Waals surface area (Å²) in [6.45, 7) is 1.97. The molecule has 2 N–H and O–H groups in total. The lowest BCUT2D eigenvalue weighted by atomic mass is 10.0. The van der Waals surface area contributed by atoms with E-state index in [1.165, 1.54) is 29.4 Å². The standard InChI is InChI=1S/C23H17Cl2FN6O/c1-2-17(31-22-19-21(28-10-27-19)29-11-30-22)18-8-12-6-7-13(26)9-14(12)23(33)32(18)20-15(24)4-3-5-16(20)25/h3-11,17H,2H2,1H3,(H2,27,28,29,30,31)/t17-/m0/s1. The third kappa shape index (κ3) is 3.71. The van der Waals surface area contributed by atoms with Gasteiger partial charge in [-0.3, -0.25) is 9.36 Å². The van der Waals surface area contributed by atoms with Gasteiger partial charge in [-0.25, -0.2) is 19.3 Å². The average molecular weight is 483 g/mol. The number of nitrogens with zero attached hydrogens (tertiary/aromatic N) is 4. The molecule has 0 saturated heterocycles. The summed E-state index contributed by atoms with van der Waals surface area (Å²) in [6.07, 6.45) is 3.55. The van der Waals surface area contributed by atoms with E-state index in [1.807, 2.05) is 13.0 Å². The first kappa shape index (κ1) is 21.4. The van der Waals surface area contributed by atoms with Crippen LogP contribution in [0.25, 0.3) is 27.6 Å².